The lowest BCUT2D eigenvalue weighted by Crippen LogP contribution is -2.08. The van der Waals surface area contributed by atoms with Gasteiger partial charge in [-0.1, -0.05) is 23.4 Å². The Morgan fingerprint density at radius 3 is 2.87 bits per heavy atom. The predicted octanol–water partition coefficient (Wildman–Crippen LogP) is 1.58. The third kappa shape index (κ3) is 3.92. The molecule has 2 N–H and O–H groups in total. The minimum Gasteiger partial charge on any atom is -0.497 e. The van der Waals surface area contributed by atoms with Gasteiger partial charge in [-0.25, -0.2) is 0 Å². The molecule has 1 rings (SSSR count). The van der Waals surface area contributed by atoms with Crippen LogP contribution in [-0.4, -0.2) is 13.0 Å². The number of ether oxygens (including phenoxy) is 1. The van der Waals surface area contributed by atoms with Crippen LogP contribution in [-0.2, 0) is 4.79 Å². The molecule has 0 unspecified atom stereocenters. The summed E-state index contributed by atoms with van der Waals surface area (Å²) >= 11 is 5.83. The van der Waals surface area contributed by atoms with Crippen LogP contribution in [0.1, 0.15) is 12.0 Å². The van der Waals surface area contributed by atoms with Gasteiger partial charge in [0.15, 0.2) is 0 Å². The highest BCUT2D eigenvalue weighted by atomic mass is 35.5. The highest BCUT2D eigenvalue weighted by molar-refractivity contribution is 6.30. The Hall–Kier alpha value is -1.66. The molecule has 1 aromatic carbocycles. The van der Waals surface area contributed by atoms with Crippen molar-refractivity contribution >= 4 is 17.5 Å². The van der Waals surface area contributed by atoms with Crippen molar-refractivity contribution in [3.8, 4) is 17.6 Å². The summed E-state index contributed by atoms with van der Waals surface area (Å²) < 4.78 is 5.02. The molecule has 0 aliphatic heterocycles. The summed E-state index contributed by atoms with van der Waals surface area (Å²) in [6, 6.07) is 5.11. The highest BCUT2D eigenvalue weighted by Gasteiger charge is 1.97. The van der Waals surface area contributed by atoms with Crippen LogP contribution >= 0.6 is 11.6 Å². The van der Waals surface area contributed by atoms with E-state index in [0.29, 0.717) is 16.3 Å². The number of halogens is 1. The Kier molecular flexibility index (Phi) is 4.02. The normalized spacial score (nSPS) is 8.93. The Labute approximate surface area is 93.2 Å². The van der Waals surface area contributed by atoms with E-state index in [1.165, 1.54) is 0 Å². The second-order valence-electron chi connectivity index (χ2n) is 2.82. The van der Waals surface area contributed by atoms with Crippen LogP contribution in [0.5, 0.6) is 5.75 Å². The maximum Gasteiger partial charge on any atom is 0.229 e. The molecule has 0 heterocycles. The van der Waals surface area contributed by atoms with Gasteiger partial charge in [-0.05, 0) is 18.2 Å². The number of carbonyl (C=O) groups excluding carboxylic acids is 1. The summed E-state index contributed by atoms with van der Waals surface area (Å²) in [5.41, 5.74) is 5.65. The van der Waals surface area contributed by atoms with Crippen LogP contribution in [0.3, 0.4) is 0 Å². The number of hydrogen-bond acceptors (Lipinski definition) is 2. The van der Waals surface area contributed by atoms with E-state index in [4.69, 9.17) is 22.1 Å². The van der Waals surface area contributed by atoms with E-state index in [1.807, 2.05) is 0 Å². The zero-order valence-electron chi connectivity index (χ0n) is 8.21. The van der Waals surface area contributed by atoms with Gasteiger partial charge in [0.2, 0.25) is 5.91 Å². The number of benzene rings is 1. The van der Waals surface area contributed by atoms with E-state index in [-0.39, 0.29) is 6.42 Å². The Morgan fingerprint density at radius 2 is 2.27 bits per heavy atom. The van der Waals surface area contributed by atoms with Crippen molar-refractivity contribution in [3.63, 3.8) is 0 Å². The van der Waals surface area contributed by atoms with Gasteiger partial charge in [-0.3, -0.25) is 4.79 Å². The molecule has 0 atom stereocenters. The Bertz CT molecular complexity index is 432. The van der Waals surface area contributed by atoms with Crippen molar-refractivity contribution in [1.82, 2.24) is 0 Å². The quantitative estimate of drug-likeness (QED) is 0.774. The summed E-state index contributed by atoms with van der Waals surface area (Å²) in [6.07, 6.45) is 0.0365. The standard InChI is InChI=1S/C11H10ClNO2/c1-15-10-6-8(5-9(12)7-10)3-2-4-11(13)14/h5-7H,4H2,1H3,(H2,13,14). The van der Waals surface area contributed by atoms with Crippen LogP contribution in [0.25, 0.3) is 0 Å². The van der Waals surface area contributed by atoms with Gasteiger partial charge >= 0.3 is 0 Å². The molecule has 3 nitrogen and oxygen atoms in total. The molecule has 0 spiro atoms. The molecule has 0 fully saturated rings. The third-order valence-corrected chi connectivity index (χ3v) is 1.82. The number of nitrogens with two attached hydrogens (primary N) is 1. The monoisotopic (exact) mass is 223 g/mol. The fourth-order valence-electron chi connectivity index (χ4n) is 0.986. The van der Waals surface area contributed by atoms with Crippen LogP contribution < -0.4 is 10.5 Å². The van der Waals surface area contributed by atoms with Gasteiger partial charge in [-0.15, -0.1) is 0 Å². The Morgan fingerprint density at radius 1 is 1.53 bits per heavy atom. The number of rotatable bonds is 2. The fourth-order valence-corrected chi connectivity index (χ4v) is 1.21. The molecular weight excluding hydrogens is 214 g/mol. The van der Waals surface area contributed by atoms with Crippen molar-refractivity contribution in [1.29, 1.82) is 0 Å². The summed E-state index contributed by atoms with van der Waals surface area (Å²) in [5.74, 6) is 5.60. The minimum absolute atomic E-state index is 0.0365. The molecule has 4 heteroatoms. The largest absolute Gasteiger partial charge is 0.497 e. The van der Waals surface area contributed by atoms with E-state index in [2.05, 4.69) is 11.8 Å². The fraction of sp³-hybridized carbons (Fsp3) is 0.182. The molecule has 1 amide bonds. The first kappa shape index (κ1) is 11.4. The molecule has 0 saturated heterocycles. The Balaban J connectivity index is 2.88. The van der Waals surface area contributed by atoms with E-state index >= 15 is 0 Å². The van der Waals surface area contributed by atoms with Crippen molar-refractivity contribution in [3.05, 3.63) is 28.8 Å². The molecular formula is C11H10ClNO2. The molecule has 0 aliphatic rings. The number of carbonyl (C=O) groups is 1. The molecule has 0 bridgehead atoms. The van der Waals surface area contributed by atoms with Gasteiger partial charge in [0.05, 0.1) is 13.5 Å². The van der Waals surface area contributed by atoms with Gasteiger partial charge in [0.25, 0.3) is 0 Å². The zero-order chi connectivity index (χ0) is 11.3. The maximum absolute atomic E-state index is 10.4. The van der Waals surface area contributed by atoms with E-state index in [1.54, 1.807) is 25.3 Å². The first-order valence-corrected chi connectivity index (χ1v) is 4.61. The summed E-state index contributed by atoms with van der Waals surface area (Å²) in [7, 11) is 1.55. The van der Waals surface area contributed by atoms with Crippen molar-refractivity contribution in [2.75, 3.05) is 7.11 Å². The first-order valence-electron chi connectivity index (χ1n) is 4.23. The molecule has 78 valence electrons. The van der Waals surface area contributed by atoms with Gasteiger partial charge in [-0.2, -0.15) is 0 Å². The summed E-state index contributed by atoms with van der Waals surface area (Å²) in [4.78, 5) is 10.4. The number of primary amides is 1. The molecule has 1 aromatic rings. The second kappa shape index (κ2) is 5.28. The zero-order valence-corrected chi connectivity index (χ0v) is 8.97. The molecule has 0 radical (unpaired) electrons. The van der Waals surface area contributed by atoms with Crippen molar-refractivity contribution in [2.45, 2.75) is 6.42 Å². The van der Waals surface area contributed by atoms with Crippen LogP contribution in [0, 0.1) is 11.8 Å². The molecule has 0 aliphatic carbocycles. The lowest BCUT2D eigenvalue weighted by Gasteiger charge is -2.00. The van der Waals surface area contributed by atoms with Crippen molar-refractivity contribution < 1.29 is 9.53 Å². The summed E-state index contributed by atoms with van der Waals surface area (Å²) in [6.45, 7) is 0. The SMILES string of the molecule is COc1cc(Cl)cc(C#CCC(N)=O)c1. The van der Waals surface area contributed by atoms with Crippen LogP contribution in [0.15, 0.2) is 18.2 Å². The molecule has 0 saturated carbocycles. The van der Waals surface area contributed by atoms with Crippen molar-refractivity contribution in [2.24, 2.45) is 5.73 Å². The van der Waals surface area contributed by atoms with E-state index in [0.717, 1.165) is 0 Å². The molecule has 0 aromatic heterocycles. The van der Waals surface area contributed by atoms with Gasteiger partial charge in [0.1, 0.15) is 5.75 Å². The average molecular weight is 224 g/mol. The summed E-state index contributed by atoms with van der Waals surface area (Å²) in [5, 5.41) is 0.540. The van der Waals surface area contributed by atoms with Gasteiger partial charge in [0, 0.05) is 10.6 Å². The second-order valence-corrected chi connectivity index (χ2v) is 3.26. The lowest BCUT2D eigenvalue weighted by atomic mass is 10.2. The van der Waals surface area contributed by atoms with E-state index in [9.17, 15) is 4.79 Å². The van der Waals surface area contributed by atoms with Crippen LogP contribution in [0.2, 0.25) is 5.02 Å². The average Bonchev–Trinajstić information content (AvgIpc) is 2.16. The van der Waals surface area contributed by atoms with E-state index < -0.39 is 5.91 Å². The minimum atomic E-state index is -0.448. The molecule has 15 heavy (non-hydrogen) atoms. The van der Waals surface area contributed by atoms with Gasteiger partial charge < -0.3 is 10.5 Å². The van der Waals surface area contributed by atoms with Crippen LogP contribution in [0.4, 0.5) is 0 Å². The predicted molar refractivity (Wildman–Crippen MR) is 58.7 cm³/mol. The first-order chi connectivity index (χ1) is 7.11. The maximum atomic E-state index is 10.4. The smallest absolute Gasteiger partial charge is 0.229 e. The number of hydrogen-bond donors (Lipinski definition) is 1. The third-order valence-electron chi connectivity index (χ3n) is 1.60. The number of methoxy groups -OCH3 is 1. The number of amides is 1. The highest BCUT2D eigenvalue weighted by Crippen LogP contribution is 2.19. The lowest BCUT2D eigenvalue weighted by molar-refractivity contribution is -0.117. The topological polar surface area (TPSA) is 52.3 Å².